The molecule has 16 heavy (non-hydrogen) atoms. The van der Waals surface area contributed by atoms with Gasteiger partial charge in [0.25, 0.3) is 5.69 Å². The van der Waals surface area contributed by atoms with Crippen molar-refractivity contribution in [2.75, 3.05) is 6.61 Å². The topological polar surface area (TPSA) is 72.6 Å². The van der Waals surface area contributed by atoms with E-state index >= 15 is 0 Å². The summed E-state index contributed by atoms with van der Waals surface area (Å²) in [7, 11) is 0. The van der Waals surface area contributed by atoms with E-state index in [1.54, 1.807) is 0 Å². The van der Waals surface area contributed by atoms with Crippen LogP contribution in [0, 0.1) is 10.1 Å². The molecule has 1 atom stereocenters. The Morgan fingerprint density at radius 3 is 2.88 bits per heavy atom. The predicted molar refractivity (Wildman–Crippen MR) is 59.9 cm³/mol. The number of non-ortho nitro benzene ring substituents is 1. The minimum absolute atomic E-state index is 0.0669. The number of nitro groups is 1. The maximum atomic E-state index is 10.5. The third-order valence-electron chi connectivity index (χ3n) is 2.03. The van der Waals surface area contributed by atoms with Crippen LogP contribution in [-0.2, 0) is 0 Å². The van der Waals surface area contributed by atoms with Crippen LogP contribution in [0.3, 0.4) is 0 Å². The number of nitrogens with zero attached hydrogens (tertiary/aromatic N) is 1. The van der Waals surface area contributed by atoms with E-state index in [2.05, 4.69) is 0 Å². The fourth-order valence-electron chi connectivity index (χ4n) is 1.02. The Balaban J connectivity index is 2.78. The van der Waals surface area contributed by atoms with Crippen LogP contribution < -0.4 is 4.74 Å². The van der Waals surface area contributed by atoms with Crippen LogP contribution in [0.5, 0.6) is 5.75 Å². The van der Waals surface area contributed by atoms with Crippen molar-refractivity contribution in [1.82, 2.24) is 0 Å². The highest BCUT2D eigenvalue weighted by atomic mass is 35.5. The number of rotatable bonds is 5. The molecule has 0 aliphatic carbocycles. The second-order valence-electron chi connectivity index (χ2n) is 3.24. The van der Waals surface area contributed by atoms with Crippen LogP contribution in [0.1, 0.15) is 13.3 Å². The van der Waals surface area contributed by atoms with E-state index in [1.807, 2.05) is 6.92 Å². The van der Waals surface area contributed by atoms with Gasteiger partial charge in [-0.3, -0.25) is 10.1 Å². The van der Waals surface area contributed by atoms with Crippen LogP contribution in [0.2, 0.25) is 5.02 Å². The molecule has 0 aliphatic rings. The zero-order valence-corrected chi connectivity index (χ0v) is 9.48. The molecule has 6 heteroatoms. The molecule has 0 spiro atoms. The predicted octanol–water partition coefficient (Wildman–Crippen LogP) is 2.40. The summed E-state index contributed by atoms with van der Waals surface area (Å²) in [4.78, 5) is 9.99. The summed E-state index contributed by atoms with van der Waals surface area (Å²) >= 11 is 5.80. The number of benzene rings is 1. The molecule has 0 aliphatic heterocycles. The van der Waals surface area contributed by atoms with Crippen molar-refractivity contribution in [3.8, 4) is 5.75 Å². The van der Waals surface area contributed by atoms with Crippen molar-refractivity contribution in [2.24, 2.45) is 0 Å². The van der Waals surface area contributed by atoms with E-state index in [4.69, 9.17) is 16.3 Å². The maximum absolute atomic E-state index is 10.5. The Kier molecular flexibility index (Phi) is 4.52. The highest BCUT2D eigenvalue weighted by Crippen LogP contribution is 2.28. The lowest BCUT2D eigenvalue weighted by Gasteiger charge is -2.11. The van der Waals surface area contributed by atoms with Crippen LogP contribution in [0.25, 0.3) is 0 Å². The van der Waals surface area contributed by atoms with Gasteiger partial charge in [0, 0.05) is 6.07 Å². The van der Waals surface area contributed by atoms with Crippen molar-refractivity contribution < 1.29 is 14.8 Å². The molecule has 1 unspecified atom stereocenters. The van der Waals surface area contributed by atoms with Gasteiger partial charge in [0.05, 0.1) is 22.1 Å². The Morgan fingerprint density at radius 2 is 2.31 bits per heavy atom. The summed E-state index contributed by atoms with van der Waals surface area (Å²) in [5, 5.41) is 20.1. The summed E-state index contributed by atoms with van der Waals surface area (Å²) in [6.07, 6.45) is -0.0534. The lowest BCUT2D eigenvalue weighted by atomic mass is 10.3. The lowest BCUT2D eigenvalue weighted by Crippen LogP contribution is -2.16. The van der Waals surface area contributed by atoms with Crippen LogP contribution >= 0.6 is 11.6 Å². The van der Waals surface area contributed by atoms with Crippen molar-refractivity contribution in [1.29, 1.82) is 0 Å². The largest absolute Gasteiger partial charge is 0.489 e. The van der Waals surface area contributed by atoms with E-state index in [-0.39, 0.29) is 23.1 Å². The van der Waals surface area contributed by atoms with Crippen LogP contribution in [0.4, 0.5) is 5.69 Å². The molecule has 5 nitrogen and oxygen atoms in total. The molecule has 0 amide bonds. The minimum atomic E-state index is -0.602. The van der Waals surface area contributed by atoms with Crippen LogP contribution in [-0.4, -0.2) is 22.7 Å². The monoisotopic (exact) mass is 245 g/mol. The molecule has 0 fully saturated rings. The second-order valence-corrected chi connectivity index (χ2v) is 3.65. The van der Waals surface area contributed by atoms with Gasteiger partial charge in [0.15, 0.2) is 0 Å². The van der Waals surface area contributed by atoms with E-state index in [9.17, 15) is 15.2 Å². The van der Waals surface area contributed by atoms with Gasteiger partial charge in [-0.2, -0.15) is 0 Å². The molecule has 1 rings (SSSR count). The van der Waals surface area contributed by atoms with Gasteiger partial charge >= 0.3 is 0 Å². The first-order chi connectivity index (χ1) is 7.54. The minimum Gasteiger partial charge on any atom is -0.489 e. The lowest BCUT2D eigenvalue weighted by molar-refractivity contribution is -0.384. The molecule has 1 N–H and O–H groups in total. The zero-order chi connectivity index (χ0) is 12.1. The normalized spacial score (nSPS) is 12.2. The standard InChI is InChI=1S/C10H12ClNO4/c1-2-8(13)6-16-10-5-7(12(14)15)3-4-9(10)11/h3-5,8,13H,2,6H2,1H3. The Morgan fingerprint density at radius 1 is 1.62 bits per heavy atom. The summed E-state index contributed by atoms with van der Waals surface area (Å²) in [6.45, 7) is 1.88. The Labute approximate surface area is 97.8 Å². The fraction of sp³-hybridized carbons (Fsp3) is 0.400. The number of halogens is 1. The number of aliphatic hydroxyl groups excluding tert-OH is 1. The third-order valence-corrected chi connectivity index (χ3v) is 2.34. The van der Waals surface area contributed by atoms with Crippen molar-refractivity contribution in [3.63, 3.8) is 0 Å². The second kappa shape index (κ2) is 5.67. The summed E-state index contributed by atoms with van der Waals surface area (Å²) < 4.78 is 5.19. The Hall–Kier alpha value is -1.33. The van der Waals surface area contributed by atoms with Gasteiger partial charge in [-0.15, -0.1) is 0 Å². The molecular weight excluding hydrogens is 234 g/mol. The van der Waals surface area contributed by atoms with Gasteiger partial charge in [-0.25, -0.2) is 0 Å². The number of hydrogen-bond donors (Lipinski definition) is 1. The van der Waals surface area contributed by atoms with Gasteiger partial charge in [-0.1, -0.05) is 18.5 Å². The summed E-state index contributed by atoms with van der Waals surface area (Å²) in [5.74, 6) is 0.211. The smallest absolute Gasteiger partial charge is 0.273 e. The first-order valence-electron chi connectivity index (χ1n) is 4.79. The van der Waals surface area contributed by atoms with Gasteiger partial charge in [-0.05, 0) is 12.5 Å². The molecule has 0 aromatic heterocycles. The number of aliphatic hydroxyl groups is 1. The maximum Gasteiger partial charge on any atom is 0.273 e. The average molecular weight is 246 g/mol. The van der Waals surface area contributed by atoms with E-state index in [1.165, 1.54) is 18.2 Å². The molecule has 0 saturated carbocycles. The van der Waals surface area contributed by atoms with Crippen molar-refractivity contribution in [2.45, 2.75) is 19.4 Å². The van der Waals surface area contributed by atoms with Crippen molar-refractivity contribution in [3.05, 3.63) is 33.3 Å². The molecule has 88 valence electrons. The number of ether oxygens (including phenoxy) is 1. The highest BCUT2D eigenvalue weighted by Gasteiger charge is 2.11. The highest BCUT2D eigenvalue weighted by molar-refractivity contribution is 6.32. The molecular formula is C10H12ClNO4. The average Bonchev–Trinajstić information content (AvgIpc) is 2.27. The Bertz CT molecular complexity index is 383. The first-order valence-corrected chi connectivity index (χ1v) is 5.17. The number of nitro benzene ring substituents is 1. The number of hydrogen-bond acceptors (Lipinski definition) is 4. The van der Waals surface area contributed by atoms with Gasteiger partial charge in [0.2, 0.25) is 0 Å². The molecule has 0 saturated heterocycles. The summed E-state index contributed by atoms with van der Waals surface area (Å²) in [5.41, 5.74) is -0.0922. The molecule has 0 bridgehead atoms. The van der Waals surface area contributed by atoms with Gasteiger partial charge < -0.3 is 9.84 Å². The molecule has 1 aromatic carbocycles. The van der Waals surface area contributed by atoms with Gasteiger partial charge in [0.1, 0.15) is 12.4 Å². The zero-order valence-electron chi connectivity index (χ0n) is 8.72. The molecule has 1 aromatic rings. The molecule has 0 heterocycles. The van der Waals surface area contributed by atoms with E-state index in [0.29, 0.717) is 6.42 Å². The molecule has 0 radical (unpaired) electrons. The van der Waals surface area contributed by atoms with Crippen molar-refractivity contribution >= 4 is 17.3 Å². The third kappa shape index (κ3) is 3.36. The van der Waals surface area contributed by atoms with E-state index in [0.717, 1.165) is 0 Å². The SMILES string of the molecule is CCC(O)COc1cc([N+](=O)[O-])ccc1Cl. The fourth-order valence-corrected chi connectivity index (χ4v) is 1.19. The van der Waals surface area contributed by atoms with Crippen LogP contribution in [0.15, 0.2) is 18.2 Å². The first kappa shape index (κ1) is 12.7. The summed E-state index contributed by atoms with van der Waals surface area (Å²) in [6, 6.07) is 3.93. The van der Waals surface area contributed by atoms with E-state index < -0.39 is 11.0 Å². The quantitative estimate of drug-likeness (QED) is 0.639.